The smallest absolute Gasteiger partial charge is 0.337 e. The van der Waals surface area contributed by atoms with Gasteiger partial charge < -0.3 is 10.1 Å². The molecule has 0 bridgehead atoms. The summed E-state index contributed by atoms with van der Waals surface area (Å²) in [6, 6.07) is 18.2. The van der Waals surface area contributed by atoms with Crippen molar-refractivity contribution in [2.24, 2.45) is 5.92 Å². The van der Waals surface area contributed by atoms with Gasteiger partial charge in [-0.2, -0.15) is 0 Å². The number of carbonyl (C=O) groups is 1. The molecule has 4 nitrogen and oxygen atoms in total. The van der Waals surface area contributed by atoms with E-state index < -0.39 is 0 Å². The fraction of sp³-hybridized carbons (Fsp3) is 0.381. The number of benzene rings is 2. The van der Waals surface area contributed by atoms with Crippen LogP contribution in [-0.4, -0.2) is 37.6 Å². The summed E-state index contributed by atoms with van der Waals surface area (Å²) in [6.45, 7) is 4.35. The zero-order valence-corrected chi connectivity index (χ0v) is 14.8. The van der Waals surface area contributed by atoms with Crippen LogP contribution < -0.4 is 5.32 Å². The van der Waals surface area contributed by atoms with Gasteiger partial charge in [0.2, 0.25) is 0 Å². The summed E-state index contributed by atoms with van der Waals surface area (Å²) in [5.74, 6) is 0.407. The third-order valence-corrected chi connectivity index (χ3v) is 4.86. The summed E-state index contributed by atoms with van der Waals surface area (Å²) in [5, 5.41) is 3.49. The van der Waals surface area contributed by atoms with Crippen molar-refractivity contribution in [1.29, 1.82) is 0 Å². The highest BCUT2D eigenvalue weighted by atomic mass is 16.5. The maximum Gasteiger partial charge on any atom is 0.337 e. The molecule has 25 heavy (non-hydrogen) atoms. The van der Waals surface area contributed by atoms with Gasteiger partial charge in [0.25, 0.3) is 0 Å². The normalized spacial score (nSPS) is 15.7. The molecule has 2 aromatic rings. The molecule has 1 fully saturated rings. The number of nitrogens with zero attached hydrogens (tertiary/aromatic N) is 1. The average Bonchev–Trinajstić information content (AvgIpc) is 2.68. The number of piperidine rings is 1. The number of methoxy groups -OCH3 is 1. The van der Waals surface area contributed by atoms with Crippen molar-refractivity contribution < 1.29 is 9.53 Å². The van der Waals surface area contributed by atoms with E-state index in [1.54, 1.807) is 12.1 Å². The summed E-state index contributed by atoms with van der Waals surface area (Å²) in [4.78, 5) is 14.0. The van der Waals surface area contributed by atoms with Crippen LogP contribution in [0.25, 0.3) is 0 Å². The SMILES string of the molecule is COC(=O)c1ccc(NCC2CCN(Cc3ccccc3)CC2)cc1. The van der Waals surface area contributed by atoms with Gasteiger partial charge in [-0.15, -0.1) is 0 Å². The van der Waals surface area contributed by atoms with Crippen LogP contribution in [0.15, 0.2) is 54.6 Å². The Morgan fingerprint density at radius 3 is 2.40 bits per heavy atom. The molecule has 132 valence electrons. The third kappa shape index (κ3) is 5.07. The van der Waals surface area contributed by atoms with E-state index in [9.17, 15) is 4.79 Å². The lowest BCUT2D eigenvalue weighted by Crippen LogP contribution is -2.35. The largest absolute Gasteiger partial charge is 0.465 e. The van der Waals surface area contributed by atoms with Crippen LogP contribution in [0.4, 0.5) is 5.69 Å². The van der Waals surface area contributed by atoms with Crippen LogP contribution in [0, 0.1) is 5.92 Å². The summed E-state index contributed by atoms with van der Waals surface area (Å²) in [6.07, 6.45) is 2.44. The molecule has 1 N–H and O–H groups in total. The van der Waals surface area contributed by atoms with Crippen molar-refractivity contribution in [1.82, 2.24) is 4.90 Å². The lowest BCUT2D eigenvalue weighted by molar-refractivity contribution is 0.0601. The quantitative estimate of drug-likeness (QED) is 0.814. The van der Waals surface area contributed by atoms with Crippen molar-refractivity contribution in [2.45, 2.75) is 19.4 Å². The average molecular weight is 338 g/mol. The van der Waals surface area contributed by atoms with E-state index in [2.05, 4.69) is 40.5 Å². The van der Waals surface area contributed by atoms with Gasteiger partial charge in [-0.1, -0.05) is 30.3 Å². The van der Waals surface area contributed by atoms with Crippen molar-refractivity contribution in [3.63, 3.8) is 0 Å². The van der Waals surface area contributed by atoms with Crippen molar-refractivity contribution in [3.8, 4) is 0 Å². The van der Waals surface area contributed by atoms with Gasteiger partial charge in [-0.05, 0) is 61.7 Å². The second-order valence-electron chi connectivity index (χ2n) is 6.65. The first-order valence-corrected chi connectivity index (χ1v) is 8.93. The van der Waals surface area contributed by atoms with E-state index in [0.717, 1.165) is 31.9 Å². The van der Waals surface area contributed by atoms with Crippen LogP contribution >= 0.6 is 0 Å². The molecule has 0 atom stereocenters. The van der Waals surface area contributed by atoms with Crippen LogP contribution in [0.1, 0.15) is 28.8 Å². The first-order valence-electron chi connectivity index (χ1n) is 8.93. The molecule has 3 rings (SSSR count). The number of nitrogens with one attached hydrogen (secondary N) is 1. The Labute approximate surface area is 149 Å². The van der Waals surface area contributed by atoms with Gasteiger partial charge in [-0.3, -0.25) is 4.90 Å². The molecular formula is C21H26N2O2. The Hall–Kier alpha value is -2.33. The van der Waals surface area contributed by atoms with E-state index in [1.807, 2.05) is 12.1 Å². The number of rotatable bonds is 6. The van der Waals surface area contributed by atoms with Crippen molar-refractivity contribution >= 4 is 11.7 Å². The number of esters is 1. The Bertz CT molecular complexity index is 662. The van der Waals surface area contributed by atoms with Crippen LogP contribution in [-0.2, 0) is 11.3 Å². The van der Waals surface area contributed by atoms with Crippen LogP contribution in [0.5, 0.6) is 0 Å². The second-order valence-corrected chi connectivity index (χ2v) is 6.65. The molecule has 0 aromatic heterocycles. The molecule has 1 saturated heterocycles. The molecule has 1 heterocycles. The van der Waals surface area contributed by atoms with E-state index in [-0.39, 0.29) is 5.97 Å². The molecule has 0 saturated carbocycles. The number of hydrogen-bond acceptors (Lipinski definition) is 4. The maximum absolute atomic E-state index is 11.4. The highest BCUT2D eigenvalue weighted by molar-refractivity contribution is 5.89. The van der Waals surface area contributed by atoms with Gasteiger partial charge in [0.15, 0.2) is 0 Å². The molecular weight excluding hydrogens is 312 g/mol. The van der Waals surface area contributed by atoms with E-state index in [0.29, 0.717) is 11.5 Å². The molecule has 0 radical (unpaired) electrons. The van der Waals surface area contributed by atoms with Crippen LogP contribution in [0.2, 0.25) is 0 Å². The predicted molar refractivity (Wildman–Crippen MR) is 101 cm³/mol. The highest BCUT2D eigenvalue weighted by Gasteiger charge is 2.19. The predicted octanol–water partition coefficient (Wildman–Crippen LogP) is 3.80. The summed E-state index contributed by atoms with van der Waals surface area (Å²) in [5.41, 5.74) is 3.03. The fourth-order valence-corrected chi connectivity index (χ4v) is 3.29. The third-order valence-electron chi connectivity index (χ3n) is 4.86. The first-order chi connectivity index (χ1) is 12.2. The van der Waals surface area contributed by atoms with Gasteiger partial charge >= 0.3 is 5.97 Å². The lowest BCUT2D eigenvalue weighted by Gasteiger charge is -2.32. The number of ether oxygens (including phenoxy) is 1. The Kier molecular flexibility index (Phi) is 6.07. The second kappa shape index (κ2) is 8.67. The molecule has 1 aliphatic heterocycles. The topological polar surface area (TPSA) is 41.6 Å². The first kappa shape index (κ1) is 17.5. The summed E-state index contributed by atoms with van der Waals surface area (Å²) in [7, 11) is 1.40. The monoisotopic (exact) mass is 338 g/mol. The number of likely N-dealkylation sites (tertiary alicyclic amines) is 1. The molecule has 4 heteroatoms. The number of carbonyl (C=O) groups excluding carboxylic acids is 1. The molecule has 1 aliphatic rings. The Balaban J connectivity index is 1.41. The van der Waals surface area contributed by atoms with Gasteiger partial charge in [-0.25, -0.2) is 4.79 Å². The van der Waals surface area contributed by atoms with Crippen molar-refractivity contribution in [2.75, 3.05) is 32.1 Å². The lowest BCUT2D eigenvalue weighted by atomic mass is 9.96. The van der Waals surface area contributed by atoms with Crippen molar-refractivity contribution in [3.05, 3.63) is 65.7 Å². The summed E-state index contributed by atoms with van der Waals surface area (Å²) >= 11 is 0. The minimum Gasteiger partial charge on any atom is -0.465 e. The van der Waals surface area contributed by atoms with E-state index in [4.69, 9.17) is 4.74 Å². The molecule has 0 aliphatic carbocycles. The zero-order chi connectivity index (χ0) is 17.5. The Morgan fingerprint density at radius 1 is 1.08 bits per heavy atom. The Morgan fingerprint density at radius 2 is 1.76 bits per heavy atom. The van der Waals surface area contributed by atoms with Gasteiger partial charge in [0, 0.05) is 18.8 Å². The van der Waals surface area contributed by atoms with Gasteiger partial charge in [0.05, 0.1) is 12.7 Å². The van der Waals surface area contributed by atoms with Crippen LogP contribution in [0.3, 0.4) is 0 Å². The molecule has 0 spiro atoms. The van der Waals surface area contributed by atoms with E-state index >= 15 is 0 Å². The number of hydrogen-bond donors (Lipinski definition) is 1. The fourth-order valence-electron chi connectivity index (χ4n) is 3.29. The standard InChI is InChI=1S/C21H26N2O2/c1-25-21(24)19-7-9-20(10-8-19)22-15-17-11-13-23(14-12-17)16-18-5-3-2-4-6-18/h2-10,17,22H,11-16H2,1H3. The number of anilines is 1. The minimum atomic E-state index is -0.294. The maximum atomic E-state index is 11.4. The molecule has 0 unspecified atom stereocenters. The van der Waals surface area contributed by atoms with E-state index in [1.165, 1.54) is 25.5 Å². The zero-order valence-electron chi connectivity index (χ0n) is 14.8. The van der Waals surface area contributed by atoms with Gasteiger partial charge in [0.1, 0.15) is 0 Å². The minimum absolute atomic E-state index is 0.294. The molecule has 0 amide bonds. The highest BCUT2D eigenvalue weighted by Crippen LogP contribution is 2.20. The summed E-state index contributed by atoms with van der Waals surface area (Å²) < 4.78 is 4.72. The molecule has 2 aromatic carbocycles.